The van der Waals surface area contributed by atoms with Gasteiger partial charge in [0.05, 0.1) is 16.8 Å². The molecule has 0 radical (unpaired) electrons. The van der Waals surface area contributed by atoms with Crippen LogP contribution in [0.25, 0.3) is 0 Å². The molecule has 0 fully saturated rings. The average molecular weight is 303 g/mol. The fraction of sp³-hybridized carbons (Fsp3) is 0.462. The fourth-order valence-corrected chi connectivity index (χ4v) is 3.16. The number of thioether (sulfide) groups is 1. The molecule has 18 heavy (non-hydrogen) atoms. The van der Waals surface area contributed by atoms with Crippen LogP contribution < -0.4 is 5.32 Å². The van der Waals surface area contributed by atoms with Gasteiger partial charge in [-0.15, -0.1) is 0 Å². The molecule has 0 amide bonds. The molecule has 1 aromatic rings. The highest BCUT2D eigenvalue weighted by Crippen LogP contribution is 2.29. The molecule has 98 valence electrons. The summed E-state index contributed by atoms with van der Waals surface area (Å²) in [6.07, 6.45) is 1.13. The van der Waals surface area contributed by atoms with Crippen LogP contribution >= 0.6 is 35.0 Å². The van der Waals surface area contributed by atoms with Crippen LogP contribution in [0.4, 0.5) is 5.69 Å². The molecule has 0 spiro atoms. The second-order valence-corrected chi connectivity index (χ2v) is 6.63. The third-order valence-corrected chi connectivity index (χ3v) is 4.22. The van der Waals surface area contributed by atoms with Gasteiger partial charge >= 0.3 is 0 Å². The molecule has 5 heteroatoms. The number of anilines is 1. The van der Waals surface area contributed by atoms with Crippen molar-refractivity contribution >= 4 is 45.8 Å². The summed E-state index contributed by atoms with van der Waals surface area (Å²) >= 11 is 13.8. The minimum absolute atomic E-state index is 0.412. The van der Waals surface area contributed by atoms with Crippen LogP contribution in [-0.2, 0) is 0 Å². The van der Waals surface area contributed by atoms with E-state index < -0.39 is 0 Å². The summed E-state index contributed by atoms with van der Waals surface area (Å²) in [4.78, 5) is 4.66. The van der Waals surface area contributed by atoms with E-state index in [2.05, 4.69) is 24.2 Å². The predicted octanol–water partition coefficient (Wildman–Crippen LogP) is 4.92. The van der Waals surface area contributed by atoms with E-state index in [9.17, 15) is 0 Å². The highest BCUT2D eigenvalue weighted by atomic mass is 35.5. The Kier molecular flexibility index (Phi) is 4.82. The van der Waals surface area contributed by atoms with Crippen molar-refractivity contribution in [3.8, 4) is 0 Å². The van der Waals surface area contributed by atoms with E-state index in [1.54, 1.807) is 23.9 Å². The number of nitrogens with zero attached hydrogens (tertiary/aromatic N) is 1. The van der Waals surface area contributed by atoms with Crippen molar-refractivity contribution in [3.63, 3.8) is 0 Å². The van der Waals surface area contributed by atoms with Crippen LogP contribution in [0.3, 0.4) is 0 Å². The number of nitrogens with one attached hydrogen (secondary N) is 1. The van der Waals surface area contributed by atoms with E-state index in [0.29, 0.717) is 22.0 Å². The van der Waals surface area contributed by atoms with Crippen molar-refractivity contribution in [2.75, 3.05) is 11.1 Å². The summed E-state index contributed by atoms with van der Waals surface area (Å²) in [6, 6.07) is 5.80. The first kappa shape index (κ1) is 14.0. The van der Waals surface area contributed by atoms with Crippen LogP contribution in [0, 0.1) is 5.92 Å². The normalized spacial score (nSPS) is 19.2. The molecule has 0 aromatic heterocycles. The lowest BCUT2D eigenvalue weighted by atomic mass is 10.1. The van der Waals surface area contributed by atoms with Gasteiger partial charge in [0, 0.05) is 10.8 Å². The highest BCUT2D eigenvalue weighted by molar-refractivity contribution is 8.14. The molecule has 1 aliphatic heterocycles. The van der Waals surface area contributed by atoms with Gasteiger partial charge in [0.25, 0.3) is 0 Å². The average Bonchev–Trinajstić information content (AvgIpc) is 2.70. The van der Waals surface area contributed by atoms with Gasteiger partial charge in [0.15, 0.2) is 5.17 Å². The van der Waals surface area contributed by atoms with Gasteiger partial charge in [0.1, 0.15) is 0 Å². The number of hydrogen-bond donors (Lipinski definition) is 1. The summed E-state index contributed by atoms with van der Waals surface area (Å²) < 4.78 is 0. The zero-order chi connectivity index (χ0) is 13.1. The Hall–Kier alpha value is -0.380. The fourth-order valence-electron chi connectivity index (χ4n) is 1.86. The van der Waals surface area contributed by atoms with E-state index in [0.717, 1.165) is 23.0 Å². The predicted molar refractivity (Wildman–Crippen MR) is 83.2 cm³/mol. The molecule has 0 saturated heterocycles. The molecule has 0 bridgehead atoms. The van der Waals surface area contributed by atoms with Crippen molar-refractivity contribution < 1.29 is 0 Å². The van der Waals surface area contributed by atoms with Crippen LogP contribution in [-0.4, -0.2) is 17.0 Å². The summed E-state index contributed by atoms with van der Waals surface area (Å²) in [5, 5.41) is 5.52. The van der Waals surface area contributed by atoms with Gasteiger partial charge in [-0.3, -0.25) is 4.99 Å². The van der Waals surface area contributed by atoms with Crippen molar-refractivity contribution in [2.45, 2.75) is 26.3 Å². The molecular formula is C13H16Cl2N2S. The third-order valence-electron chi connectivity index (χ3n) is 2.63. The molecule has 0 saturated carbocycles. The van der Waals surface area contributed by atoms with Gasteiger partial charge in [-0.25, -0.2) is 0 Å². The lowest BCUT2D eigenvalue weighted by molar-refractivity contribution is 0.529. The lowest BCUT2D eigenvalue weighted by Crippen LogP contribution is -2.08. The SMILES string of the molecule is CC(C)CC1CSC(Nc2cc(Cl)ccc2Cl)=N1. The molecule has 1 N–H and O–H groups in total. The number of halogens is 2. The van der Waals surface area contributed by atoms with Crippen LogP contribution in [0.5, 0.6) is 0 Å². The van der Waals surface area contributed by atoms with Crippen molar-refractivity contribution in [1.29, 1.82) is 0 Å². The van der Waals surface area contributed by atoms with E-state index in [1.165, 1.54) is 0 Å². The first-order valence-corrected chi connectivity index (χ1v) is 7.71. The maximum absolute atomic E-state index is 6.11. The van der Waals surface area contributed by atoms with Crippen molar-refractivity contribution in [2.24, 2.45) is 10.9 Å². The van der Waals surface area contributed by atoms with Gasteiger partial charge < -0.3 is 5.32 Å². The smallest absolute Gasteiger partial charge is 0.161 e. The number of benzene rings is 1. The van der Waals surface area contributed by atoms with Crippen LogP contribution in [0.15, 0.2) is 23.2 Å². The Morgan fingerprint density at radius 1 is 1.44 bits per heavy atom. The largest absolute Gasteiger partial charge is 0.334 e. The molecule has 1 aromatic carbocycles. The monoisotopic (exact) mass is 302 g/mol. The highest BCUT2D eigenvalue weighted by Gasteiger charge is 2.19. The van der Waals surface area contributed by atoms with Gasteiger partial charge in [0.2, 0.25) is 0 Å². The van der Waals surface area contributed by atoms with Gasteiger partial charge in [-0.1, -0.05) is 48.8 Å². The Balaban J connectivity index is 2.04. The van der Waals surface area contributed by atoms with E-state index in [4.69, 9.17) is 23.2 Å². The van der Waals surface area contributed by atoms with Gasteiger partial charge in [-0.05, 0) is 30.5 Å². The third kappa shape index (κ3) is 3.81. The standard InChI is InChI=1S/C13H16Cl2N2S/c1-8(2)5-10-7-18-13(16-10)17-12-6-9(14)3-4-11(12)15/h3-4,6,8,10H,5,7H2,1-2H3,(H,16,17). The molecular weight excluding hydrogens is 287 g/mol. The zero-order valence-corrected chi connectivity index (χ0v) is 12.7. The van der Waals surface area contributed by atoms with Crippen LogP contribution in [0.1, 0.15) is 20.3 Å². The molecule has 1 heterocycles. The maximum atomic E-state index is 6.11. The van der Waals surface area contributed by atoms with E-state index in [1.807, 2.05) is 6.07 Å². The molecule has 0 aliphatic carbocycles. The number of amidine groups is 1. The van der Waals surface area contributed by atoms with Gasteiger partial charge in [-0.2, -0.15) is 0 Å². The number of aliphatic imine (C=N–C) groups is 1. The zero-order valence-electron chi connectivity index (χ0n) is 10.4. The summed E-state index contributed by atoms with van der Waals surface area (Å²) in [7, 11) is 0. The Labute approximate surface area is 122 Å². The molecule has 1 aliphatic rings. The minimum Gasteiger partial charge on any atom is -0.334 e. The maximum Gasteiger partial charge on any atom is 0.161 e. The Morgan fingerprint density at radius 2 is 2.22 bits per heavy atom. The summed E-state index contributed by atoms with van der Waals surface area (Å²) in [6.45, 7) is 4.44. The Bertz CT molecular complexity index is 460. The molecule has 1 atom stereocenters. The lowest BCUT2D eigenvalue weighted by Gasteiger charge is -2.08. The van der Waals surface area contributed by atoms with Crippen molar-refractivity contribution in [1.82, 2.24) is 0 Å². The van der Waals surface area contributed by atoms with E-state index in [-0.39, 0.29) is 0 Å². The number of hydrogen-bond acceptors (Lipinski definition) is 3. The topological polar surface area (TPSA) is 24.4 Å². The quantitative estimate of drug-likeness (QED) is 0.857. The first-order chi connectivity index (χ1) is 8.54. The summed E-state index contributed by atoms with van der Waals surface area (Å²) in [5.41, 5.74) is 0.820. The van der Waals surface area contributed by atoms with Crippen LogP contribution in [0.2, 0.25) is 10.0 Å². The van der Waals surface area contributed by atoms with Crippen molar-refractivity contribution in [3.05, 3.63) is 28.2 Å². The molecule has 2 rings (SSSR count). The summed E-state index contributed by atoms with van der Waals surface area (Å²) in [5.74, 6) is 1.71. The minimum atomic E-state index is 0.412. The molecule has 1 unspecified atom stereocenters. The first-order valence-electron chi connectivity index (χ1n) is 5.97. The molecule has 2 nitrogen and oxygen atoms in total. The number of rotatable bonds is 3. The second kappa shape index (κ2) is 6.18. The van der Waals surface area contributed by atoms with E-state index >= 15 is 0 Å². The second-order valence-electron chi connectivity index (χ2n) is 4.78. The Morgan fingerprint density at radius 3 is 2.94 bits per heavy atom.